The van der Waals surface area contributed by atoms with E-state index in [1.165, 1.54) is 0 Å². The summed E-state index contributed by atoms with van der Waals surface area (Å²) in [5.74, 6) is 0. The van der Waals surface area contributed by atoms with E-state index in [1.807, 2.05) is 212 Å². The summed E-state index contributed by atoms with van der Waals surface area (Å²) in [5, 5.41) is 3.60. The molecule has 7 aromatic carbocycles. The van der Waals surface area contributed by atoms with Gasteiger partial charge in [-0.05, 0) is 44.5 Å². The molecule has 0 bridgehead atoms. The molecule has 2 aliphatic rings. The maximum absolute atomic E-state index is 14.9. The van der Waals surface area contributed by atoms with Crippen molar-refractivity contribution < 1.29 is 84.6 Å². The molecular weight excluding hydrogens is 1180 g/mol. The molecule has 472 valence electrons. The van der Waals surface area contributed by atoms with Crippen molar-refractivity contribution in [1.82, 2.24) is 0 Å². The molecule has 9 unspecified atom stereocenters. The van der Waals surface area contributed by atoms with Crippen LogP contribution in [0.5, 0.6) is 0 Å². The summed E-state index contributed by atoms with van der Waals surface area (Å²) in [6.07, 6.45) is -12.6. The van der Waals surface area contributed by atoms with E-state index in [1.54, 1.807) is 0 Å². The van der Waals surface area contributed by atoms with Crippen molar-refractivity contribution in [1.29, 1.82) is 0 Å². The fourth-order valence-corrected chi connectivity index (χ4v) is 11.5. The van der Waals surface area contributed by atoms with Crippen LogP contribution < -0.4 is 0 Å². The van der Waals surface area contributed by atoms with Crippen molar-refractivity contribution in [2.24, 2.45) is 5.11 Å². The highest BCUT2D eigenvalue weighted by atomic mass is 31.2. The molecular formula is C66H75N3O18P2. The minimum atomic E-state index is -5.20. The van der Waals surface area contributed by atoms with Crippen LogP contribution in [0.4, 0.5) is 0 Å². The normalized spacial score (nSPS) is 22.0. The van der Waals surface area contributed by atoms with Gasteiger partial charge in [-0.25, -0.2) is 4.57 Å². The van der Waals surface area contributed by atoms with E-state index in [4.69, 9.17) is 71.2 Å². The lowest BCUT2D eigenvalue weighted by atomic mass is 10.1. The van der Waals surface area contributed by atoms with Crippen LogP contribution in [0.15, 0.2) is 217 Å². The van der Waals surface area contributed by atoms with Crippen molar-refractivity contribution >= 4 is 16.1 Å². The van der Waals surface area contributed by atoms with Gasteiger partial charge in [0.1, 0.15) is 54.9 Å². The molecule has 0 radical (unpaired) electrons. The van der Waals surface area contributed by atoms with E-state index in [0.29, 0.717) is 0 Å². The van der Waals surface area contributed by atoms with E-state index >= 15 is 0 Å². The average molecular weight is 1260 g/mol. The predicted octanol–water partition coefficient (Wildman–Crippen LogP) is 11.4. The lowest BCUT2D eigenvalue weighted by Crippen LogP contribution is -2.48. The molecule has 7 aromatic rings. The molecule has 21 nitrogen and oxygen atoms in total. The highest BCUT2D eigenvalue weighted by Crippen LogP contribution is 2.49. The molecule has 0 amide bonds. The zero-order chi connectivity index (χ0) is 61.7. The standard InChI is InChI=1S/C66H75N3O18P2/c67-69-68-36-37-76-65-64(81-44-55-34-20-7-21-35-55)62(59(85-65)46-75-39-50-24-10-2-11-25-50)87-89(72,73)83-48-57(78-41-52-28-14-4-15-29-52)60(79-42-53-30-16-5-17-31-53)56(77-40-51-26-12-3-13-27-51)47-82-66-63(80-43-54-32-18-6-19-33-54)61(86-88(70)71)58(84-66)45-74-38-49-22-8-1-9-23-49/h1-35,56-66,88H,36-48H2,(H,70,71)(H,72,73)/t56?,57?,58-,59-,60?,61?,62?,63?,64?,65-,66-/m1/s1. The van der Waals surface area contributed by atoms with Gasteiger partial charge < -0.3 is 66.4 Å². The minimum absolute atomic E-state index is 0.00498. The Labute approximate surface area is 518 Å². The van der Waals surface area contributed by atoms with Gasteiger partial charge in [0, 0.05) is 11.5 Å². The van der Waals surface area contributed by atoms with Gasteiger partial charge in [-0.2, -0.15) is 0 Å². The van der Waals surface area contributed by atoms with Crippen LogP contribution in [0.2, 0.25) is 0 Å². The molecule has 2 N–H and O–H groups in total. The third-order valence-corrected chi connectivity index (χ3v) is 15.8. The van der Waals surface area contributed by atoms with Crippen LogP contribution in [0.25, 0.3) is 10.4 Å². The van der Waals surface area contributed by atoms with Gasteiger partial charge in [-0.15, -0.1) is 0 Å². The van der Waals surface area contributed by atoms with Crippen LogP contribution in [-0.2, 0) is 121 Å². The number of azide groups is 1. The Kier molecular flexibility index (Phi) is 27.5. The smallest absolute Gasteiger partial charge is 0.374 e. The summed E-state index contributed by atoms with van der Waals surface area (Å²) < 4.78 is 117. The number of ether oxygens (including phenoxy) is 11. The van der Waals surface area contributed by atoms with Crippen LogP contribution in [-0.4, -0.2) is 117 Å². The largest absolute Gasteiger partial charge is 0.472 e. The highest BCUT2D eigenvalue weighted by molar-refractivity contribution is 7.47. The lowest BCUT2D eigenvalue weighted by Gasteiger charge is -2.35. The summed E-state index contributed by atoms with van der Waals surface area (Å²) in [4.78, 5) is 25.3. The summed E-state index contributed by atoms with van der Waals surface area (Å²) in [6, 6.07) is 65.9. The van der Waals surface area contributed by atoms with Gasteiger partial charge in [0.25, 0.3) is 0 Å². The first kappa shape index (κ1) is 67.1. The van der Waals surface area contributed by atoms with Gasteiger partial charge in [0.2, 0.25) is 0 Å². The number of phosphoric ester groups is 1. The number of hydrogen-bond donors (Lipinski definition) is 2. The Bertz CT molecular complexity index is 3210. The molecule has 0 saturated carbocycles. The molecule has 0 spiro atoms. The Morgan fingerprint density at radius 3 is 1.28 bits per heavy atom. The van der Waals surface area contributed by atoms with Crippen molar-refractivity contribution in [3.05, 3.63) is 262 Å². The van der Waals surface area contributed by atoms with E-state index in [0.717, 1.165) is 38.9 Å². The highest BCUT2D eigenvalue weighted by Gasteiger charge is 2.52. The molecule has 23 heteroatoms. The summed E-state index contributed by atoms with van der Waals surface area (Å²) in [5.41, 5.74) is 14.7. The van der Waals surface area contributed by atoms with Crippen molar-refractivity contribution in [2.75, 3.05) is 39.6 Å². The molecule has 13 atom stereocenters. The molecule has 0 aromatic heterocycles. The molecule has 9 rings (SSSR count). The van der Waals surface area contributed by atoms with E-state index in [-0.39, 0.29) is 79.2 Å². The number of hydrogen-bond acceptors (Lipinski definition) is 17. The number of rotatable bonds is 39. The number of benzene rings is 7. The quantitative estimate of drug-likeness (QED) is 0.0119. The second-order valence-electron chi connectivity index (χ2n) is 20.9. The zero-order valence-corrected chi connectivity index (χ0v) is 50.9. The van der Waals surface area contributed by atoms with Crippen LogP contribution in [0.1, 0.15) is 38.9 Å². The monoisotopic (exact) mass is 1260 g/mol. The van der Waals surface area contributed by atoms with Crippen LogP contribution in [0, 0.1) is 0 Å². The van der Waals surface area contributed by atoms with Gasteiger partial charge >= 0.3 is 16.1 Å². The predicted molar refractivity (Wildman–Crippen MR) is 327 cm³/mol. The summed E-state index contributed by atoms with van der Waals surface area (Å²) in [7, 11) is -8.79. The fraction of sp³-hybridized carbons (Fsp3) is 0.364. The average Bonchev–Trinajstić information content (AvgIpc) is 1.92. The second-order valence-corrected chi connectivity index (χ2v) is 23.1. The third kappa shape index (κ3) is 22.2. The first-order valence-corrected chi connectivity index (χ1v) is 32.0. The van der Waals surface area contributed by atoms with E-state index < -0.39 is 90.2 Å². The fourth-order valence-electron chi connectivity index (χ4n) is 9.97. The summed E-state index contributed by atoms with van der Waals surface area (Å²) in [6.45, 7) is -0.719. The Morgan fingerprint density at radius 2 is 0.854 bits per heavy atom. The Balaban J connectivity index is 1.03. The number of nitrogens with zero attached hydrogens (tertiary/aromatic N) is 3. The molecule has 0 aliphatic carbocycles. The topological polar surface area (TPSA) is 253 Å². The SMILES string of the molecule is [N-]=[N+]=NCCO[C@@H]1O[C@H](COCc2ccccc2)C(OP(=O)(O)OCC(OCc2ccccc2)C(OCc2ccccc2)C(CO[C@@H]2O[C@H](COCc3ccccc3)C(O[PH](=O)O)C2OCc2ccccc2)OCc2ccccc2)C1OCc1ccccc1. The van der Waals surface area contributed by atoms with Gasteiger partial charge in [-0.1, -0.05) is 217 Å². The third-order valence-electron chi connectivity index (χ3n) is 14.4. The maximum Gasteiger partial charge on any atom is 0.472 e. The first-order valence-electron chi connectivity index (χ1n) is 29.3. The Hall–Kier alpha value is -6.33. The first-order chi connectivity index (χ1) is 43.7. The van der Waals surface area contributed by atoms with E-state index in [9.17, 15) is 18.9 Å². The van der Waals surface area contributed by atoms with Crippen molar-refractivity contribution in [3.8, 4) is 0 Å². The van der Waals surface area contributed by atoms with Gasteiger partial charge in [-0.3, -0.25) is 13.6 Å². The Morgan fingerprint density at radius 1 is 0.483 bits per heavy atom. The van der Waals surface area contributed by atoms with E-state index in [2.05, 4.69) is 10.0 Å². The number of phosphoric acid groups is 1. The molecule has 2 saturated heterocycles. The molecule has 2 aliphatic heterocycles. The molecule has 2 heterocycles. The molecule has 2 fully saturated rings. The summed E-state index contributed by atoms with van der Waals surface area (Å²) >= 11 is 0. The van der Waals surface area contributed by atoms with Crippen molar-refractivity contribution in [3.63, 3.8) is 0 Å². The lowest BCUT2D eigenvalue weighted by molar-refractivity contribution is -0.222. The maximum atomic E-state index is 14.9. The van der Waals surface area contributed by atoms with Gasteiger partial charge in [0.05, 0.1) is 79.3 Å². The van der Waals surface area contributed by atoms with Crippen LogP contribution in [0.3, 0.4) is 0 Å². The second kappa shape index (κ2) is 36.5. The van der Waals surface area contributed by atoms with Gasteiger partial charge in [0.15, 0.2) is 12.6 Å². The van der Waals surface area contributed by atoms with Crippen LogP contribution >= 0.6 is 16.1 Å². The zero-order valence-electron chi connectivity index (χ0n) is 49.0. The van der Waals surface area contributed by atoms with Crippen molar-refractivity contribution in [2.45, 2.75) is 114 Å². The molecule has 89 heavy (non-hydrogen) atoms. The minimum Gasteiger partial charge on any atom is -0.374 e.